The molecule has 5 heteroatoms. The second-order valence-corrected chi connectivity index (χ2v) is 6.75. The number of hydrogen-bond donors (Lipinski definition) is 1. The third-order valence-electron chi connectivity index (χ3n) is 3.51. The maximum absolute atomic E-state index is 6.33. The Hall–Kier alpha value is -0.870. The molecule has 1 N–H and O–H groups in total. The van der Waals surface area contributed by atoms with E-state index >= 15 is 0 Å². The van der Waals surface area contributed by atoms with Gasteiger partial charge in [0.25, 0.3) is 0 Å². The fourth-order valence-electron chi connectivity index (χ4n) is 2.49. The van der Waals surface area contributed by atoms with Gasteiger partial charge in [0, 0.05) is 20.7 Å². The number of halogens is 2. The first-order chi connectivity index (χ1) is 10.2. The van der Waals surface area contributed by atoms with E-state index < -0.39 is 0 Å². The van der Waals surface area contributed by atoms with E-state index in [-0.39, 0.29) is 12.1 Å². The molecule has 0 amide bonds. The van der Waals surface area contributed by atoms with Crippen molar-refractivity contribution >= 4 is 35.0 Å². The second kappa shape index (κ2) is 6.49. The standard InChI is InChI=1S/C16H15Cl2NOS/c1-19-16(11-8-10(17)6-7-12(11)18)14-9-21-15-5-3-2-4-13(15)20-14/h2-8,14,16,19H,9H2,1H3. The summed E-state index contributed by atoms with van der Waals surface area (Å²) in [7, 11) is 1.91. The van der Waals surface area contributed by atoms with Crippen LogP contribution in [0.1, 0.15) is 11.6 Å². The summed E-state index contributed by atoms with van der Waals surface area (Å²) in [6.07, 6.45) is 0.00543. The molecule has 3 rings (SSSR count). The van der Waals surface area contributed by atoms with E-state index in [1.54, 1.807) is 17.8 Å². The summed E-state index contributed by atoms with van der Waals surface area (Å²) in [6.45, 7) is 0. The number of hydrogen-bond acceptors (Lipinski definition) is 3. The quantitative estimate of drug-likeness (QED) is 0.867. The molecule has 0 radical (unpaired) electrons. The molecule has 2 aromatic rings. The molecule has 0 aliphatic carbocycles. The highest BCUT2D eigenvalue weighted by atomic mass is 35.5. The number of fused-ring (bicyclic) bond motifs is 1. The van der Waals surface area contributed by atoms with Crippen LogP contribution >= 0.6 is 35.0 Å². The maximum Gasteiger partial charge on any atom is 0.133 e. The number of para-hydroxylation sites is 1. The van der Waals surface area contributed by atoms with Gasteiger partial charge in [-0.2, -0.15) is 0 Å². The lowest BCUT2D eigenvalue weighted by Crippen LogP contribution is -2.37. The second-order valence-electron chi connectivity index (χ2n) is 4.85. The number of thioether (sulfide) groups is 1. The van der Waals surface area contributed by atoms with Gasteiger partial charge in [0.1, 0.15) is 11.9 Å². The summed E-state index contributed by atoms with van der Waals surface area (Å²) in [4.78, 5) is 1.18. The molecule has 110 valence electrons. The molecule has 2 unspecified atom stereocenters. The lowest BCUT2D eigenvalue weighted by molar-refractivity contribution is 0.171. The van der Waals surface area contributed by atoms with Crippen LogP contribution < -0.4 is 10.1 Å². The average molecular weight is 340 g/mol. The van der Waals surface area contributed by atoms with Crippen molar-refractivity contribution in [3.8, 4) is 5.75 Å². The van der Waals surface area contributed by atoms with Crippen molar-refractivity contribution in [1.29, 1.82) is 0 Å². The van der Waals surface area contributed by atoms with E-state index in [2.05, 4.69) is 11.4 Å². The van der Waals surface area contributed by atoms with Crippen LogP contribution in [0.2, 0.25) is 10.0 Å². The smallest absolute Gasteiger partial charge is 0.133 e. The van der Waals surface area contributed by atoms with Crippen molar-refractivity contribution in [1.82, 2.24) is 5.32 Å². The van der Waals surface area contributed by atoms with Crippen molar-refractivity contribution in [2.45, 2.75) is 17.0 Å². The monoisotopic (exact) mass is 339 g/mol. The van der Waals surface area contributed by atoms with E-state index in [4.69, 9.17) is 27.9 Å². The highest BCUT2D eigenvalue weighted by Crippen LogP contribution is 2.39. The fourth-order valence-corrected chi connectivity index (χ4v) is 3.95. The van der Waals surface area contributed by atoms with Crippen LogP contribution in [0.4, 0.5) is 0 Å². The normalized spacial score (nSPS) is 18.7. The Bertz CT molecular complexity index is 650. The third kappa shape index (κ3) is 3.16. The fraction of sp³-hybridized carbons (Fsp3) is 0.250. The highest BCUT2D eigenvalue weighted by molar-refractivity contribution is 7.99. The van der Waals surface area contributed by atoms with Crippen molar-refractivity contribution in [2.24, 2.45) is 0 Å². The van der Waals surface area contributed by atoms with Crippen LogP contribution in [0.15, 0.2) is 47.4 Å². The number of likely N-dealkylation sites (N-methyl/N-ethyl adjacent to an activating group) is 1. The Morgan fingerprint density at radius 3 is 2.86 bits per heavy atom. The minimum Gasteiger partial charge on any atom is -0.486 e. The summed E-state index contributed by atoms with van der Waals surface area (Å²) >= 11 is 14.2. The first-order valence-corrected chi connectivity index (χ1v) is 8.44. The first-order valence-electron chi connectivity index (χ1n) is 6.69. The van der Waals surface area contributed by atoms with Gasteiger partial charge in [0.15, 0.2) is 0 Å². The van der Waals surface area contributed by atoms with Crippen LogP contribution in [0.5, 0.6) is 5.75 Å². The largest absolute Gasteiger partial charge is 0.486 e. The first kappa shape index (κ1) is 15.0. The lowest BCUT2D eigenvalue weighted by atomic mass is 10.0. The van der Waals surface area contributed by atoms with E-state index in [0.29, 0.717) is 10.0 Å². The molecule has 1 aliphatic heterocycles. The summed E-state index contributed by atoms with van der Waals surface area (Å²) in [5, 5.41) is 4.68. The SMILES string of the molecule is CNC(c1cc(Cl)ccc1Cl)C1CSc2ccccc2O1. The molecule has 21 heavy (non-hydrogen) atoms. The molecule has 0 saturated carbocycles. The molecule has 0 saturated heterocycles. The minimum absolute atomic E-state index is 0.00273. The molecule has 2 aromatic carbocycles. The number of nitrogens with one attached hydrogen (secondary N) is 1. The predicted octanol–water partition coefficient (Wildman–Crippen LogP) is 4.81. The molecule has 0 spiro atoms. The third-order valence-corrected chi connectivity index (χ3v) is 5.23. The van der Waals surface area contributed by atoms with Crippen molar-refractivity contribution in [3.05, 3.63) is 58.1 Å². The molecule has 0 bridgehead atoms. The van der Waals surface area contributed by atoms with E-state index in [1.165, 1.54) is 4.90 Å². The Morgan fingerprint density at radius 2 is 2.05 bits per heavy atom. The average Bonchev–Trinajstić information content (AvgIpc) is 2.51. The van der Waals surface area contributed by atoms with Gasteiger partial charge < -0.3 is 10.1 Å². The van der Waals surface area contributed by atoms with Crippen LogP contribution in [0.3, 0.4) is 0 Å². The summed E-state index contributed by atoms with van der Waals surface area (Å²) in [5.74, 6) is 1.79. The van der Waals surface area contributed by atoms with Gasteiger partial charge >= 0.3 is 0 Å². The van der Waals surface area contributed by atoms with Gasteiger partial charge in [-0.1, -0.05) is 35.3 Å². The van der Waals surface area contributed by atoms with Crippen LogP contribution in [0, 0.1) is 0 Å². The minimum atomic E-state index is -0.00273. The topological polar surface area (TPSA) is 21.3 Å². The van der Waals surface area contributed by atoms with Gasteiger partial charge in [0.2, 0.25) is 0 Å². The molecule has 1 heterocycles. The Labute approximate surface area is 138 Å². The summed E-state index contributed by atoms with van der Waals surface area (Å²) in [6, 6.07) is 13.6. The van der Waals surface area contributed by atoms with Gasteiger partial charge in [-0.15, -0.1) is 11.8 Å². The zero-order chi connectivity index (χ0) is 14.8. The number of rotatable bonds is 3. The maximum atomic E-state index is 6.33. The van der Waals surface area contributed by atoms with E-state index in [9.17, 15) is 0 Å². The summed E-state index contributed by atoms with van der Waals surface area (Å²) in [5.41, 5.74) is 0.969. The lowest BCUT2D eigenvalue weighted by Gasteiger charge is -2.32. The van der Waals surface area contributed by atoms with Gasteiger partial charge in [-0.3, -0.25) is 0 Å². The zero-order valence-electron chi connectivity index (χ0n) is 11.5. The molecular formula is C16H15Cl2NOS. The Balaban J connectivity index is 1.90. The van der Waals surface area contributed by atoms with E-state index in [1.807, 2.05) is 37.4 Å². The molecule has 1 aliphatic rings. The highest BCUT2D eigenvalue weighted by Gasteiger charge is 2.29. The molecular weight excluding hydrogens is 325 g/mol. The predicted molar refractivity (Wildman–Crippen MR) is 89.8 cm³/mol. The van der Waals surface area contributed by atoms with Crippen LogP contribution in [-0.2, 0) is 0 Å². The molecule has 2 nitrogen and oxygen atoms in total. The van der Waals surface area contributed by atoms with Crippen LogP contribution in [-0.4, -0.2) is 18.9 Å². The van der Waals surface area contributed by atoms with Crippen molar-refractivity contribution < 1.29 is 4.74 Å². The number of ether oxygens (including phenoxy) is 1. The molecule has 0 fully saturated rings. The summed E-state index contributed by atoms with van der Waals surface area (Å²) < 4.78 is 6.15. The van der Waals surface area contributed by atoms with Crippen molar-refractivity contribution in [2.75, 3.05) is 12.8 Å². The Kier molecular flexibility index (Phi) is 4.65. The van der Waals surface area contributed by atoms with Gasteiger partial charge in [-0.25, -0.2) is 0 Å². The van der Waals surface area contributed by atoms with Gasteiger partial charge in [-0.05, 0) is 42.9 Å². The molecule has 2 atom stereocenters. The Morgan fingerprint density at radius 1 is 1.24 bits per heavy atom. The van der Waals surface area contributed by atoms with Crippen LogP contribution in [0.25, 0.3) is 0 Å². The zero-order valence-corrected chi connectivity index (χ0v) is 13.8. The number of benzene rings is 2. The van der Waals surface area contributed by atoms with E-state index in [0.717, 1.165) is 17.1 Å². The van der Waals surface area contributed by atoms with Gasteiger partial charge in [0.05, 0.1) is 6.04 Å². The molecule has 0 aromatic heterocycles. The van der Waals surface area contributed by atoms with Crippen molar-refractivity contribution in [3.63, 3.8) is 0 Å².